The molecule has 1 aliphatic heterocycles. The van der Waals surface area contributed by atoms with Crippen LogP contribution < -0.4 is 10.6 Å². The molecule has 0 spiro atoms. The molecule has 1 heterocycles. The van der Waals surface area contributed by atoms with Gasteiger partial charge in [-0.25, -0.2) is 0 Å². The Labute approximate surface area is 118 Å². The lowest BCUT2D eigenvalue weighted by molar-refractivity contribution is 0.453. The quantitative estimate of drug-likeness (QED) is 0.867. The van der Waals surface area contributed by atoms with Crippen LogP contribution >= 0.6 is 0 Å². The molecule has 0 bridgehead atoms. The monoisotopic (exact) mass is 260 g/mol. The van der Waals surface area contributed by atoms with Crippen molar-refractivity contribution in [3.63, 3.8) is 0 Å². The van der Waals surface area contributed by atoms with Crippen LogP contribution in [-0.2, 0) is 5.41 Å². The minimum Gasteiger partial charge on any atom is -0.314 e. The maximum Gasteiger partial charge on any atom is 0.0332 e. The van der Waals surface area contributed by atoms with Crippen LogP contribution in [-0.4, -0.2) is 19.6 Å². The molecule has 1 saturated heterocycles. The van der Waals surface area contributed by atoms with Crippen LogP contribution in [0.1, 0.15) is 57.2 Å². The van der Waals surface area contributed by atoms with Crippen molar-refractivity contribution in [3.05, 3.63) is 35.4 Å². The Morgan fingerprint density at radius 2 is 1.95 bits per heavy atom. The fourth-order valence-corrected chi connectivity index (χ4v) is 2.88. The van der Waals surface area contributed by atoms with Gasteiger partial charge in [0.2, 0.25) is 0 Å². The first-order chi connectivity index (χ1) is 9.00. The summed E-state index contributed by atoms with van der Waals surface area (Å²) in [6.45, 7) is 7.98. The second-order valence-electron chi connectivity index (χ2n) is 6.74. The van der Waals surface area contributed by atoms with Crippen molar-refractivity contribution in [1.82, 2.24) is 10.6 Å². The summed E-state index contributed by atoms with van der Waals surface area (Å²) in [6.07, 6.45) is 3.83. The van der Waals surface area contributed by atoms with E-state index >= 15 is 0 Å². The zero-order valence-electron chi connectivity index (χ0n) is 12.8. The fourth-order valence-electron chi connectivity index (χ4n) is 2.88. The van der Waals surface area contributed by atoms with E-state index in [9.17, 15) is 0 Å². The molecule has 0 aromatic heterocycles. The average Bonchev–Trinajstić information content (AvgIpc) is 2.88. The van der Waals surface area contributed by atoms with Gasteiger partial charge in [0.1, 0.15) is 0 Å². The Kier molecular flexibility index (Phi) is 4.64. The molecular weight excluding hydrogens is 232 g/mol. The van der Waals surface area contributed by atoms with Gasteiger partial charge in [0.25, 0.3) is 0 Å². The van der Waals surface area contributed by atoms with Crippen molar-refractivity contribution in [3.8, 4) is 0 Å². The first-order valence-electron chi connectivity index (χ1n) is 7.52. The summed E-state index contributed by atoms with van der Waals surface area (Å²) >= 11 is 0. The van der Waals surface area contributed by atoms with E-state index in [1.807, 2.05) is 0 Å². The lowest BCUT2D eigenvalue weighted by atomic mass is 9.86. The molecule has 2 unspecified atom stereocenters. The average molecular weight is 260 g/mol. The van der Waals surface area contributed by atoms with Gasteiger partial charge in [-0.1, -0.05) is 45.0 Å². The van der Waals surface area contributed by atoms with Gasteiger partial charge < -0.3 is 10.6 Å². The predicted octanol–water partition coefficient (Wildman–Crippen LogP) is 3.39. The largest absolute Gasteiger partial charge is 0.314 e. The minimum atomic E-state index is 0.237. The lowest BCUT2D eigenvalue weighted by Crippen LogP contribution is -2.28. The van der Waals surface area contributed by atoms with Crippen molar-refractivity contribution < 1.29 is 0 Å². The highest BCUT2D eigenvalue weighted by Crippen LogP contribution is 2.26. The minimum absolute atomic E-state index is 0.237. The van der Waals surface area contributed by atoms with Crippen LogP contribution in [0.5, 0.6) is 0 Å². The fraction of sp³-hybridized carbons (Fsp3) is 0.647. The normalized spacial score (nSPS) is 21.6. The lowest BCUT2D eigenvalue weighted by Gasteiger charge is -2.23. The summed E-state index contributed by atoms with van der Waals surface area (Å²) in [5.74, 6) is 0. The number of benzene rings is 1. The Morgan fingerprint density at radius 1 is 1.26 bits per heavy atom. The van der Waals surface area contributed by atoms with Crippen LogP contribution in [0.2, 0.25) is 0 Å². The van der Waals surface area contributed by atoms with E-state index in [4.69, 9.17) is 0 Å². The van der Waals surface area contributed by atoms with Crippen molar-refractivity contribution in [1.29, 1.82) is 0 Å². The molecule has 0 saturated carbocycles. The van der Waals surface area contributed by atoms with E-state index in [2.05, 4.69) is 62.7 Å². The zero-order valence-corrected chi connectivity index (χ0v) is 12.8. The molecule has 0 radical (unpaired) electrons. The van der Waals surface area contributed by atoms with Gasteiger partial charge in [-0.15, -0.1) is 0 Å². The standard InChI is InChI=1S/C17H28N2/c1-17(2,3)14-9-7-13(8-10-14)16(18-4)12-15-6-5-11-19-15/h7-10,15-16,18-19H,5-6,11-12H2,1-4H3. The smallest absolute Gasteiger partial charge is 0.0332 e. The van der Waals surface area contributed by atoms with Gasteiger partial charge >= 0.3 is 0 Å². The van der Waals surface area contributed by atoms with E-state index in [-0.39, 0.29) is 5.41 Å². The maximum atomic E-state index is 3.59. The maximum absolute atomic E-state index is 3.59. The topological polar surface area (TPSA) is 24.1 Å². The van der Waals surface area contributed by atoms with E-state index in [0.717, 1.165) is 0 Å². The van der Waals surface area contributed by atoms with E-state index < -0.39 is 0 Å². The molecule has 106 valence electrons. The Hall–Kier alpha value is -0.860. The number of hydrogen-bond acceptors (Lipinski definition) is 2. The SMILES string of the molecule is CNC(CC1CCCN1)c1ccc(C(C)(C)C)cc1. The molecule has 2 N–H and O–H groups in total. The number of nitrogens with one attached hydrogen (secondary N) is 2. The highest BCUT2D eigenvalue weighted by molar-refractivity contribution is 5.29. The molecule has 2 nitrogen and oxygen atoms in total. The Balaban J connectivity index is 2.05. The Bertz CT molecular complexity index is 383. The first kappa shape index (κ1) is 14.5. The van der Waals surface area contributed by atoms with E-state index in [1.165, 1.54) is 36.9 Å². The third-order valence-electron chi connectivity index (χ3n) is 4.21. The molecule has 19 heavy (non-hydrogen) atoms. The van der Waals surface area contributed by atoms with Crippen molar-refractivity contribution in [2.75, 3.05) is 13.6 Å². The molecule has 1 aromatic carbocycles. The van der Waals surface area contributed by atoms with Crippen molar-refractivity contribution >= 4 is 0 Å². The summed E-state index contributed by atoms with van der Waals surface area (Å²) in [6, 6.07) is 10.3. The second-order valence-corrected chi connectivity index (χ2v) is 6.74. The van der Waals surface area contributed by atoms with Crippen LogP contribution in [0.15, 0.2) is 24.3 Å². The number of rotatable bonds is 4. The first-order valence-corrected chi connectivity index (χ1v) is 7.52. The molecule has 1 aromatic rings. The van der Waals surface area contributed by atoms with E-state index in [0.29, 0.717) is 12.1 Å². The molecule has 2 heteroatoms. The molecule has 0 amide bonds. The van der Waals surface area contributed by atoms with Gasteiger partial charge in [-0.05, 0) is 49.4 Å². The van der Waals surface area contributed by atoms with Gasteiger partial charge in [0.05, 0.1) is 0 Å². The zero-order chi connectivity index (χ0) is 13.9. The molecule has 1 aliphatic rings. The van der Waals surface area contributed by atoms with Crippen molar-refractivity contribution in [2.45, 2.75) is 57.5 Å². The summed E-state index contributed by atoms with van der Waals surface area (Å²) in [7, 11) is 2.07. The molecule has 2 rings (SSSR count). The molecule has 0 aliphatic carbocycles. The molecule has 2 atom stereocenters. The van der Waals surface area contributed by atoms with Gasteiger partial charge in [0.15, 0.2) is 0 Å². The van der Waals surface area contributed by atoms with Gasteiger partial charge in [-0.3, -0.25) is 0 Å². The third kappa shape index (κ3) is 3.80. The molecular formula is C17H28N2. The summed E-state index contributed by atoms with van der Waals surface area (Å²) in [5, 5.41) is 7.05. The van der Waals surface area contributed by atoms with Gasteiger partial charge in [0, 0.05) is 12.1 Å². The summed E-state index contributed by atoms with van der Waals surface area (Å²) < 4.78 is 0. The summed E-state index contributed by atoms with van der Waals surface area (Å²) in [5.41, 5.74) is 3.05. The Morgan fingerprint density at radius 3 is 2.42 bits per heavy atom. The van der Waals surface area contributed by atoms with E-state index in [1.54, 1.807) is 0 Å². The second kappa shape index (κ2) is 6.06. The number of hydrogen-bond donors (Lipinski definition) is 2. The molecule has 1 fully saturated rings. The summed E-state index contributed by atoms with van der Waals surface area (Å²) in [4.78, 5) is 0. The van der Waals surface area contributed by atoms with Gasteiger partial charge in [-0.2, -0.15) is 0 Å². The predicted molar refractivity (Wildman–Crippen MR) is 82.6 cm³/mol. The highest BCUT2D eigenvalue weighted by atomic mass is 15.0. The van der Waals surface area contributed by atoms with Crippen LogP contribution in [0.25, 0.3) is 0 Å². The highest BCUT2D eigenvalue weighted by Gasteiger charge is 2.20. The van der Waals surface area contributed by atoms with Crippen LogP contribution in [0, 0.1) is 0 Å². The third-order valence-corrected chi connectivity index (χ3v) is 4.21. The van der Waals surface area contributed by atoms with Crippen LogP contribution in [0.3, 0.4) is 0 Å². The van der Waals surface area contributed by atoms with Crippen LogP contribution in [0.4, 0.5) is 0 Å². The van der Waals surface area contributed by atoms with Crippen molar-refractivity contribution in [2.24, 2.45) is 0 Å².